The second-order valence-electron chi connectivity index (χ2n) is 4.03. The van der Waals surface area contributed by atoms with E-state index in [0.29, 0.717) is 11.3 Å². The third kappa shape index (κ3) is 2.91. The molecule has 0 heterocycles. The molecule has 0 aliphatic rings. The van der Waals surface area contributed by atoms with Crippen LogP contribution in [0.1, 0.15) is 11.1 Å². The highest BCUT2D eigenvalue weighted by Gasteiger charge is 2.10. The van der Waals surface area contributed by atoms with Crippen LogP contribution < -0.4 is 5.32 Å². The van der Waals surface area contributed by atoms with Gasteiger partial charge in [0.25, 0.3) is 0 Å². The number of anilines is 2. The summed E-state index contributed by atoms with van der Waals surface area (Å²) >= 11 is 2.99. The van der Waals surface area contributed by atoms with Gasteiger partial charge >= 0.3 is 0 Å². The summed E-state index contributed by atoms with van der Waals surface area (Å²) in [6, 6.07) is 9.30. The second kappa shape index (κ2) is 5.37. The highest BCUT2D eigenvalue weighted by Crippen LogP contribution is 2.28. The smallest absolute Gasteiger partial charge is 0.149 e. The van der Waals surface area contributed by atoms with Crippen molar-refractivity contribution >= 4 is 27.3 Å². The molecule has 0 radical (unpaired) electrons. The van der Waals surface area contributed by atoms with Crippen molar-refractivity contribution in [2.75, 3.05) is 5.32 Å². The van der Waals surface area contributed by atoms with Gasteiger partial charge in [0.2, 0.25) is 0 Å². The summed E-state index contributed by atoms with van der Waals surface area (Å²) in [5.41, 5.74) is 1.92. The van der Waals surface area contributed by atoms with Gasteiger partial charge < -0.3 is 5.32 Å². The third-order valence-electron chi connectivity index (χ3n) is 2.57. The van der Waals surface area contributed by atoms with Gasteiger partial charge in [0.05, 0.1) is 21.4 Å². The molecule has 96 valence electrons. The van der Waals surface area contributed by atoms with Crippen LogP contribution in [0.3, 0.4) is 0 Å². The predicted molar refractivity (Wildman–Crippen MR) is 73.2 cm³/mol. The summed E-state index contributed by atoms with van der Waals surface area (Å²) in [4.78, 5) is 0. The Morgan fingerprint density at radius 1 is 1.11 bits per heavy atom. The minimum atomic E-state index is -0.717. The largest absolute Gasteiger partial charge is 0.352 e. The molecule has 2 nitrogen and oxygen atoms in total. The Hall–Kier alpha value is -1.93. The molecule has 0 aliphatic carbocycles. The summed E-state index contributed by atoms with van der Waals surface area (Å²) in [5.74, 6) is -1.39. The first-order chi connectivity index (χ1) is 9.01. The van der Waals surface area contributed by atoms with Crippen molar-refractivity contribution in [2.24, 2.45) is 0 Å². The first kappa shape index (κ1) is 13.5. The SMILES string of the molecule is Cc1ccc(Nc2cc(Br)c(F)cc2F)c(C#N)c1. The van der Waals surface area contributed by atoms with Crippen LogP contribution in [0.15, 0.2) is 34.8 Å². The highest BCUT2D eigenvalue weighted by atomic mass is 79.9. The minimum absolute atomic E-state index is 0.105. The lowest BCUT2D eigenvalue weighted by molar-refractivity contribution is 0.581. The first-order valence-electron chi connectivity index (χ1n) is 5.43. The quantitative estimate of drug-likeness (QED) is 0.817. The van der Waals surface area contributed by atoms with Crippen LogP contribution in [0, 0.1) is 29.9 Å². The van der Waals surface area contributed by atoms with Crippen LogP contribution in [0.25, 0.3) is 0 Å². The molecular formula is C14H9BrF2N2. The van der Waals surface area contributed by atoms with Gasteiger partial charge in [-0.2, -0.15) is 5.26 Å². The van der Waals surface area contributed by atoms with Crippen LogP contribution >= 0.6 is 15.9 Å². The van der Waals surface area contributed by atoms with Gasteiger partial charge in [-0.1, -0.05) is 6.07 Å². The van der Waals surface area contributed by atoms with Gasteiger partial charge in [-0.05, 0) is 46.6 Å². The molecule has 0 saturated carbocycles. The maximum Gasteiger partial charge on any atom is 0.149 e. The standard InChI is InChI=1S/C14H9BrF2N2/c1-8-2-3-13(9(4-8)7-18)19-14-5-10(15)11(16)6-12(14)17/h2-6,19H,1H3. The van der Waals surface area contributed by atoms with Crippen molar-refractivity contribution in [3.63, 3.8) is 0 Å². The fourth-order valence-electron chi connectivity index (χ4n) is 1.62. The lowest BCUT2D eigenvalue weighted by Gasteiger charge is -2.10. The zero-order valence-corrected chi connectivity index (χ0v) is 11.6. The molecule has 0 unspecified atom stereocenters. The number of hydrogen-bond donors (Lipinski definition) is 1. The van der Waals surface area contributed by atoms with Crippen LogP contribution in [0.4, 0.5) is 20.2 Å². The molecule has 2 aromatic carbocycles. The molecule has 0 atom stereocenters. The van der Waals surface area contributed by atoms with Crippen LogP contribution in [0.2, 0.25) is 0 Å². The van der Waals surface area contributed by atoms with Crippen molar-refractivity contribution in [1.82, 2.24) is 0 Å². The average Bonchev–Trinajstić information content (AvgIpc) is 2.37. The molecule has 0 spiro atoms. The first-order valence-corrected chi connectivity index (χ1v) is 6.23. The average molecular weight is 323 g/mol. The van der Waals surface area contributed by atoms with E-state index in [0.717, 1.165) is 11.6 Å². The van der Waals surface area contributed by atoms with Gasteiger partial charge in [0.15, 0.2) is 0 Å². The molecule has 0 fully saturated rings. The lowest BCUT2D eigenvalue weighted by Crippen LogP contribution is -1.98. The summed E-state index contributed by atoms with van der Waals surface area (Å²) in [7, 11) is 0. The Morgan fingerprint density at radius 3 is 2.53 bits per heavy atom. The van der Waals surface area contributed by atoms with Crippen LogP contribution in [-0.4, -0.2) is 0 Å². The van der Waals surface area contributed by atoms with Gasteiger partial charge in [0.1, 0.15) is 17.7 Å². The monoisotopic (exact) mass is 322 g/mol. The minimum Gasteiger partial charge on any atom is -0.352 e. The van der Waals surface area contributed by atoms with Gasteiger partial charge in [-0.15, -0.1) is 0 Å². The molecular weight excluding hydrogens is 314 g/mol. The number of benzene rings is 2. The molecule has 0 aromatic heterocycles. The summed E-state index contributed by atoms with van der Waals surface area (Å²) < 4.78 is 26.9. The summed E-state index contributed by atoms with van der Waals surface area (Å²) in [6.45, 7) is 1.86. The topological polar surface area (TPSA) is 35.8 Å². The summed E-state index contributed by atoms with van der Waals surface area (Å²) in [6.07, 6.45) is 0. The molecule has 1 N–H and O–H groups in total. The molecule has 5 heteroatoms. The number of hydrogen-bond acceptors (Lipinski definition) is 2. The maximum absolute atomic E-state index is 13.6. The third-order valence-corrected chi connectivity index (χ3v) is 3.18. The van der Waals surface area contributed by atoms with E-state index in [4.69, 9.17) is 5.26 Å². The number of nitriles is 1. The van der Waals surface area contributed by atoms with Gasteiger partial charge in [-0.25, -0.2) is 8.78 Å². The number of nitrogens with one attached hydrogen (secondary N) is 1. The van der Waals surface area contributed by atoms with Crippen LogP contribution in [-0.2, 0) is 0 Å². The fraction of sp³-hybridized carbons (Fsp3) is 0.0714. The molecule has 2 aromatic rings. The fourth-order valence-corrected chi connectivity index (χ4v) is 1.97. The van der Waals surface area contributed by atoms with E-state index in [1.54, 1.807) is 18.2 Å². The zero-order valence-electron chi connectivity index (χ0n) is 9.97. The Bertz CT molecular complexity index is 678. The number of halogens is 3. The van der Waals surface area contributed by atoms with E-state index in [-0.39, 0.29) is 10.2 Å². The van der Waals surface area contributed by atoms with E-state index in [2.05, 4.69) is 21.2 Å². The Balaban J connectivity index is 2.42. The van der Waals surface area contributed by atoms with Crippen LogP contribution in [0.5, 0.6) is 0 Å². The molecule has 0 bridgehead atoms. The lowest BCUT2D eigenvalue weighted by atomic mass is 10.1. The molecule has 2 rings (SSSR count). The number of nitrogens with zero attached hydrogens (tertiary/aromatic N) is 1. The molecule has 0 saturated heterocycles. The van der Waals surface area contributed by atoms with Crippen molar-refractivity contribution in [3.05, 3.63) is 57.6 Å². The number of rotatable bonds is 2. The normalized spacial score (nSPS) is 10.1. The van der Waals surface area contributed by atoms with Crippen molar-refractivity contribution in [3.8, 4) is 6.07 Å². The van der Waals surface area contributed by atoms with E-state index in [1.165, 1.54) is 6.07 Å². The van der Waals surface area contributed by atoms with E-state index in [9.17, 15) is 8.78 Å². The van der Waals surface area contributed by atoms with E-state index in [1.807, 2.05) is 13.0 Å². The van der Waals surface area contributed by atoms with Gasteiger partial charge in [0, 0.05) is 6.07 Å². The predicted octanol–water partition coefficient (Wildman–Crippen LogP) is 4.65. The van der Waals surface area contributed by atoms with E-state index >= 15 is 0 Å². The van der Waals surface area contributed by atoms with E-state index < -0.39 is 11.6 Å². The van der Waals surface area contributed by atoms with Gasteiger partial charge in [-0.3, -0.25) is 0 Å². The Morgan fingerprint density at radius 2 is 1.84 bits per heavy atom. The molecule has 0 amide bonds. The second-order valence-corrected chi connectivity index (χ2v) is 4.89. The number of aryl methyl sites for hydroxylation is 1. The Labute approximate surface area is 117 Å². The maximum atomic E-state index is 13.6. The highest BCUT2D eigenvalue weighted by molar-refractivity contribution is 9.10. The zero-order chi connectivity index (χ0) is 14.0. The Kier molecular flexibility index (Phi) is 3.82. The molecule has 19 heavy (non-hydrogen) atoms. The van der Waals surface area contributed by atoms with Crippen molar-refractivity contribution in [1.29, 1.82) is 5.26 Å². The van der Waals surface area contributed by atoms with Crippen molar-refractivity contribution in [2.45, 2.75) is 6.92 Å². The molecule has 0 aliphatic heterocycles. The van der Waals surface area contributed by atoms with Crippen molar-refractivity contribution < 1.29 is 8.78 Å². The summed E-state index contributed by atoms with van der Waals surface area (Å²) in [5, 5.41) is 11.8.